The van der Waals surface area contributed by atoms with E-state index in [9.17, 15) is 4.79 Å². The summed E-state index contributed by atoms with van der Waals surface area (Å²) in [6.07, 6.45) is 0. The first-order chi connectivity index (χ1) is 16.4. The van der Waals surface area contributed by atoms with Crippen molar-refractivity contribution < 1.29 is 9.53 Å². The van der Waals surface area contributed by atoms with Gasteiger partial charge in [-0.1, -0.05) is 11.6 Å². The van der Waals surface area contributed by atoms with Crippen LogP contribution in [0.1, 0.15) is 25.0 Å². The van der Waals surface area contributed by atoms with E-state index >= 15 is 0 Å². The van der Waals surface area contributed by atoms with E-state index < -0.39 is 0 Å². The molecule has 4 rings (SSSR count). The number of nitrogens with zero attached hydrogens (tertiary/aromatic N) is 4. The molecule has 0 aliphatic rings. The van der Waals surface area contributed by atoms with Gasteiger partial charge in [-0.05, 0) is 93.4 Å². The number of amides is 1. The van der Waals surface area contributed by atoms with Crippen molar-refractivity contribution in [1.82, 2.24) is 15.0 Å². The number of halogens is 1. The summed E-state index contributed by atoms with van der Waals surface area (Å²) in [6.45, 7) is 9.90. The molecule has 1 amide bonds. The first-order valence-electron chi connectivity index (χ1n) is 11.3. The second-order valence-electron chi connectivity index (χ2n) is 8.08. The van der Waals surface area contributed by atoms with Crippen LogP contribution < -0.4 is 15.0 Å². The average Bonchev–Trinajstić information content (AvgIpc) is 3.24. The molecule has 1 N–H and O–H groups in total. The minimum Gasteiger partial charge on any atom is -0.484 e. The zero-order valence-electron chi connectivity index (χ0n) is 19.8. The summed E-state index contributed by atoms with van der Waals surface area (Å²) < 4.78 is 5.60. The Hall–Kier alpha value is -3.58. The fourth-order valence-corrected chi connectivity index (χ4v) is 3.86. The van der Waals surface area contributed by atoms with E-state index in [4.69, 9.17) is 16.3 Å². The summed E-state index contributed by atoms with van der Waals surface area (Å²) in [5.74, 6) is 0.341. The molecule has 0 atom stereocenters. The molecule has 7 nitrogen and oxygen atoms in total. The largest absolute Gasteiger partial charge is 0.484 e. The molecule has 0 aliphatic carbocycles. The third-order valence-electron chi connectivity index (χ3n) is 5.71. The van der Waals surface area contributed by atoms with E-state index in [-0.39, 0.29) is 12.5 Å². The Morgan fingerprint density at radius 2 is 1.65 bits per heavy atom. The minimum atomic E-state index is -0.255. The number of nitrogens with one attached hydrogen (secondary N) is 1. The Balaban J connectivity index is 1.47. The van der Waals surface area contributed by atoms with Gasteiger partial charge < -0.3 is 15.0 Å². The lowest BCUT2D eigenvalue weighted by Crippen LogP contribution is -2.21. The maximum absolute atomic E-state index is 12.5. The Labute approximate surface area is 204 Å². The Bertz CT molecular complexity index is 1310. The van der Waals surface area contributed by atoms with E-state index in [2.05, 4.69) is 46.4 Å². The fraction of sp³-hybridized carbons (Fsp3) is 0.269. The van der Waals surface area contributed by atoms with Gasteiger partial charge in [-0.2, -0.15) is 4.80 Å². The van der Waals surface area contributed by atoms with Crippen LogP contribution in [0.3, 0.4) is 0 Å². The SMILES string of the molecule is CCN(CC)c1ccc(-n2nc3cc(C)c(NC(=O)COc4ccc(Cl)c(C)c4)cc3n2)cc1. The molecule has 8 heteroatoms. The number of hydrogen-bond donors (Lipinski definition) is 1. The van der Waals surface area contributed by atoms with Crippen LogP contribution in [-0.2, 0) is 4.79 Å². The molecule has 0 unspecified atom stereocenters. The molecule has 1 heterocycles. The molecule has 0 saturated carbocycles. The summed E-state index contributed by atoms with van der Waals surface area (Å²) >= 11 is 6.04. The summed E-state index contributed by atoms with van der Waals surface area (Å²) in [4.78, 5) is 16.4. The number of aromatic nitrogens is 3. The fourth-order valence-electron chi connectivity index (χ4n) is 3.75. The van der Waals surface area contributed by atoms with Crippen molar-refractivity contribution in [3.05, 3.63) is 70.7 Å². The first kappa shape index (κ1) is 23.6. The number of carbonyl (C=O) groups is 1. The lowest BCUT2D eigenvalue weighted by Gasteiger charge is -2.20. The number of aryl methyl sites for hydroxylation is 2. The van der Waals surface area contributed by atoms with Gasteiger partial charge in [0, 0.05) is 29.5 Å². The molecule has 0 saturated heterocycles. The highest BCUT2D eigenvalue weighted by molar-refractivity contribution is 6.31. The number of fused-ring (bicyclic) bond motifs is 1. The van der Waals surface area contributed by atoms with Crippen molar-refractivity contribution in [3.8, 4) is 11.4 Å². The van der Waals surface area contributed by atoms with Gasteiger partial charge >= 0.3 is 0 Å². The van der Waals surface area contributed by atoms with E-state index in [1.165, 1.54) is 5.69 Å². The molecule has 0 aliphatic heterocycles. The van der Waals surface area contributed by atoms with Crippen molar-refractivity contribution in [2.75, 3.05) is 29.9 Å². The topological polar surface area (TPSA) is 72.3 Å². The molecule has 0 spiro atoms. The van der Waals surface area contributed by atoms with Crippen LogP contribution in [0.4, 0.5) is 11.4 Å². The minimum absolute atomic E-state index is 0.107. The van der Waals surface area contributed by atoms with Crippen LogP contribution in [0.5, 0.6) is 5.75 Å². The number of carbonyl (C=O) groups excluding carboxylic acids is 1. The smallest absolute Gasteiger partial charge is 0.262 e. The third-order valence-corrected chi connectivity index (χ3v) is 6.13. The second-order valence-corrected chi connectivity index (χ2v) is 8.49. The van der Waals surface area contributed by atoms with Crippen LogP contribution in [0.2, 0.25) is 5.02 Å². The van der Waals surface area contributed by atoms with Crippen LogP contribution in [0, 0.1) is 13.8 Å². The summed E-state index contributed by atoms with van der Waals surface area (Å²) in [5, 5.41) is 12.8. The Morgan fingerprint density at radius 1 is 0.971 bits per heavy atom. The van der Waals surface area contributed by atoms with Gasteiger partial charge in [0.1, 0.15) is 16.8 Å². The van der Waals surface area contributed by atoms with Gasteiger partial charge in [0.25, 0.3) is 5.91 Å². The predicted molar refractivity (Wildman–Crippen MR) is 137 cm³/mol. The molecule has 0 radical (unpaired) electrons. The monoisotopic (exact) mass is 477 g/mol. The Kier molecular flexibility index (Phi) is 7.03. The molecule has 34 heavy (non-hydrogen) atoms. The molecule has 3 aromatic carbocycles. The molecule has 0 bridgehead atoms. The summed E-state index contributed by atoms with van der Waals surface area (Å²) in [5.41, 5.74) is 5.97. The number of anilines is 2. The number of ether oxygens (including phenoxy) is 1. The van der Waals surface area contributed by atoms with Crippen LogP contribution in [-0.4, -0.2) is 40.6 Å². The lowest BCUT2D eigenvalue weighted by molar-refractivity contribution is -0.118. The zero-order chi connectivity index (χ0) is 24.2. The molecule has 1 aromatic heterocycles. The van der Waals surface area contributed by atoms with Gasteiger partial charge in [-0.15, -0.1) is 10.2 Å². The van der Waals surface area contributed by atoms with E-state index in [0.29, 0.717) is 22.0 Å². The van der Waals surface area contributed by atoms with Crippen molar-refractivity contribution in [3.63, 3.8) is 0 Å². The Morgan fingerprint density at radius 3 is 2.29 bits per heavy atom. The van der Waals surface area contributed by atoms with Crippen molar-refractivity contribution in [2.24, 2.45) is 0 Å². The molecule has 176 valence electrons. The predicted octanol–water partition coefficient (Wildman–Crippen LogP) is 5.55. The van der Waals surface area contributed by atoms with Gasteiger partial charge in [0.2, 0.25) is 0 Å². The van der Waals surface area contributed by atoms with Gasteiger partial charge in [-0.3, -0.25) is 4.79 Å². The van der Waals surface area contributed by atoms with E-state index in [0.717, 1.165) is 35.4 Å². The molecule has 0 fully saturated rings. The van der Waals surface area contributed by atoms with Crippen LogP contribution in [0.15, 0.2) is 54.6 Å². The van der Waals surface area contributed by atoms with Crippen molar-refractivity contribution in [1.29, 1.82) is 0 Å². The standard InChI is InChI=1S/C26H28ClN5O2/c1-5-31(6-2)19-7-9-20(10-8-19)32-29-24-14-18(4)23(15-25(24)30-32)28-26(33)16-34-21-11-12-22(27)17(3)13-21/h7-15H,5-6,16H2,1-4H3,(H,28,33). The lowest BCUT2D eigenvalue weighted by atomic mass is 10.1. The molecular weight excluding hydrogens is 450 g/mol. The van der Waals surface area contributed by atoms with Crippen molar-refractivity contribution in [2.45, 2.75) is 27.7 Å². The zero-order valence-corrected chi connectivity index (χ0v) is 20.6. The highest BCUT2D eigenvalue weighted by Gasteiger charge is 2.12. The first-order valence-corrected chi connectivity index (χ1v) is 11.7. The maximum Gasteiger partial charge on any atom is 0.262 e. The van der Waals surface area contributed by atoms with Crippen LogP contribution >= 0.6 is 11.6 Å². The number of hydrogen-bond acceptors (Lipinski definition) is 5. The van der Waals surface area contributed by atoms with Gasteiger partial charge in [0.15, 0.2) is 6.61 Å². The van der Waals surface area contributed by atoms with E-state index in [1.54, 1.807) is 23.0 Å². The molecule has 4 aromatic rings. The van der Waals surface area contributed by atoms with Crippen LogP contribution in [0.25, 0.3) is 16.7 Å². The highest BCUT2D eigenvalue weighted by Crippen LogP contribution is 2.24. The summed E-state index contributed by atoms with van der Waals surface area (Å²) in [7, 11) is 0. The van der Waals surface area contributed by atoms with Gasteiger partial charge in [0.05, 0.1) is 5.69 Å². The summed E-state index contributed by atoms with van der Waals surface area (Å²) in [6, 6.07) is 17.2. The second kappa shape index (κ2) is 10.1. The number of benzene rings is 3. The van der Waals surface area contributed by atoms with E-state index in [1.807, 2.05) is 38.1 Å². The highest BCUT2D eigenvalue weighted by atomic mass is 35.5. The van der Waals surface area contributed by atoms with Crippen molar-refractivity contribution >= 4 is 39.9 Å². The average molecular weight is 478 g/mol. The maximum atomic E-state index is 12.5. The number of rotatable bonds is 8. The molecular formula is C26H28ClN5O2. The third kappa shape index (κ3) is 5.15. The van der Waals surface area contributed by atoms with Gasteiger partial charge in [-0.25, -0.2) is 0 Å². The normalized spacial score (nSPS) is 11.0. The quantitative estimate of drug-likeness (QED) is 0.360.